The number of aryl methyl sites for hydroxylation is 1. The number of hydrogen-bond acceptors (Lipinski definition) is 3. The lowest BCUT2D eigenvalue weighted by Gasteiger charge is -2.14. The molecule has 0 saturated heterocycles. The molecule has 1 radical (unpaired) electrons. The van der Waals surface area contributed by atoms with Crippen molar-refractivity contribution in [3.05, 3.63) is 60.3 Å². The van der Waals surface area contributed by atoms with Gasteiger partial charge in [-0.1, -0.05) is 6.92 Å². The Labute approximate surface area is 158 Å². The molecule has 0 aliphatic carbocycles. The Bertz CT molecular complexity index is 958. The van der Waals surface area contributed by atoms with E-state index in [9.17, 15) is 9.18 Å². The minimum atomic E-state index is -0.346. The van der Waals surface area contributed by atoms with Gasteiger partial charge in [0.15, 0.2) is 0 Å². The number of ether oxygens (including phenoxy) is 1. The zero-order valence-electron chi connectivity index (χ0n) is 15.8. The van der Waals surface area contributed by atoms with Gasteiger partial charge in [0.25, 0.3) is 5.91 Å². The fraction of sp³-hybridized carbons (Fsp3) is 0.273. The molecule has 1 heterocycles. The molecule has 2 aromatic carbocycles. The molecule has 0 bridgehead atoms. The highest BCUT2D eigenvalue weighted by molar-refractivity contribution is 6.11. The molecule has 0 atom stereocenters. The molecule has 0 fully saturated rings. The van der Waals surface area contributed by atoms with E-state index in [4.69, 9.17) is 9.15 Å². The minimum Gasteiger partial charge on any atom is -0.491 e. The van der Waals surface area contributed by atoms with Gasteiger partial charge in [-0.15, -0.1) is 0 Å². The largest absolute Gasteiger partial charge is 0.491 e. The lowest BCUT2D eigenvalue weighted by molar-refractivity contribution is 0.0964. The van der Waals surface area contributed by atoms with Crippen LogP contribution in [-0.4, -0.2) is 19.1 Å². The summed E-state index contributed by atoms with van der Waals surface area (Å²) >= 11 is 0. The summed E-state index contributed by atoms with van der Waals surface area (Å²) < 4.78 is 25.3. The van der Waals surface area contributed by atoms with Gasteiger partial charge in [0, 0.05) is 18.0 Å². The molecule has 1 amide bonds. The quantitative estimate of drug-likeness (QED) is 0.654. The third-order valence-electron chi connectivity index (χ3n) is 4.24. The number of carbonyl (C=O) groups excluding carboxylic acids is 1. The molecular formula is C22H23FNO3. The highest BCUT2D eigenvalue weighted by Gasteiger charge is 2.23. The molecule has 27 heavy (non-hydrogen) atoms. The predicted octanol–water partition coefficient (Wildman–Crippen LogP) is 5.15. The van der Waals surface area contributed by atoms with E-state index < -0.39 is 0 Å². The Morgan fingerprint density at radius 3 is 2.56 bits per heavy atom. The van der Waals surface area contributed by atoms with Crippen LogP contribution < -0.4 is 10.1 Å². The lowest BCUT2D eigenvalue weighted by atomic mass is 10.0. The summed E-state index contributed by atoms with van der Waals surface area (Å²) in [5.41, 5.74) is 2.62. The van der Waals surface area contributed by atoms with Crippen LogP contribution in [0.3, 0.4) is 0 Å². The Hall–Kier alpha value is -2.82. The Morgan fingerprint density at radius 1 is 1.26 bits per heavy atom. The molecular weight excluding hydrogens is 345 g/mol. The van der Waals surface area contributed by atoms with Gasteiger partial charge >= 0.3 is 0 Å². The molecule has 3 aromatic rings. The van der Waals surface area contributed by atoms with Crippen LogP contribution in [-0.2, 0) is 6.42 Å². The van der Waals surface area contributed by atoms with Gasteiger partial charge in [0.2, 0.25) is 0 Å². The normalized spacial score (nSPS) is 11.2. The van der Waals surface area contributed by atoms with Crippen LogP contribution in [0.25, 0.3) is 22.3 Å². The second-order valence-electron chi connectivity index (χ2n) is 6.62. The monoisotopic (exact) mass is 368 g/mol. The van der Waals surface area contributed by atoms with Gasteiger partial charge in [-0.2, -0.15) is 0 Å². The van der Waals surface area contributed by atoms with Crippen molar-refractivity contribution in [3.63, 3.8) is 0 Å². The fourth-order valence-corrected chi connectivity index (χ4v) is 3.07. The Kier molecular flexibility index (Phi) is 5.49. The third-order valence-corrected chi connectivity index (χ3v) is 4.24. The molecule has 5 heteroatoms. The van der Waals surface area contributed by atoms with Crippen LogP contribution in [0.15, 0.2) is 40.8 Å². The van der Waals surface area contributed by atoms with Gasteiger partial charge in [-0.25, -0.2) is 4.39 Å². The molecule has 0 aliphatic rings. The molecule has 3 rings (SSSR count). The van der Waals surface area contributed by atoms with E-state index in [1.54, 1.807) is 19.2 Å². The van der Waals surface area contributed by atoms with Gasteiger partial charge in [0.05, 0.1) is 11.7 Å². The second kappa shape index (κ2) is 7.82. The highest BCUT2D eigenvalue weighted by atomic mass is 19.1. The summed E-state index contributed by atoms with van der Waals surface area (Å²) in [6.45, 7) is 7.83. The first-order valence-corrected chi connectivity index (χ1v) is 8.98. The van der Waals surface area contributed by atoms with E-state index in [0.717, 1.165) is 17.7 Å². The van der Waals surface area contributed by atoms with Gasteiger partial charge in [-0.3, -0.25) is 4.79 Å². The molecule has 141 valence electrons. The van der Waals surface area contributed by atoms with Crippen molar-refractivity contribution in [1.82, 2.24) is 5.32 Å². The number of carbonyl (C=O) groups is 1. The minimum absolute atomic E-state index is 0.00191. The maximum absolute atomic E-state index is 13.3. The topological polar surface area (TPSA) is 51.5 Å². The van der Waals surface area contributed by atoms with Gasteiger partial charge in [-0.05, 0) is 68.7 Å². The molecule has 0 aliphatic heterocycles. The van der Waals surface area contributed by atoms with Crippen LogP contribution >= 0.6 is 0 Å². The van der Waals surface area contributed by atoms with E-state index in [1.807, 2.05) is 26.0 Å². The van der Waals surface area contributed by atoms with Crippen molar-refractivity contribution in [3.8, 4) is 17.1 Å². The van der Waals surface area contributed by atoms with Crippen molar-refractivity contribution < 1.29 is 18.3 Å². The average molecular weight is 368 g/mol. The van der Waals surface area contributed by atoms with Crippen molar-refractivity contribution in [2.75, 3.05) is 7.05 Å². The number of hydrogen-bond donors (Lipinski definition) is 1. The highest BCUT2D eigenvalue weighted by Crippen LogP contribution is 2.38. The standard InChI is InChI=1S/C22H23FNO3/c1-5-6-15-11-19-17(12-18(15)26-13(2)3)20(22(25)24-4)21(27-19)14-7-9-16(23)10-8-14/h7-13H,1,5-6H2,2-4H3,(H,24,25). The van der Waals surface area contributed by atoms with Crippen LogP contribution in [0.5, 0.6) is 5.75 Å². The molecule has 1 N–H and O–H groups in total. The number of nitrogens with one attached hydrogen (secondary N) is 1. The van der Waals surface area contributed by atoms with Gasteiger partial charge in [0.1, 0.15) is 22.9 Å². The van der Waals surface area contributed by atoms with Crippen molar-refractivity contribution in [2.24, 2.45) is 0 Å². The van der Waals surface area contributed by atoms with E-state index in [2.05, 4.69) is 12.2 Å². The molecule has 1 aromatic heterocycles. The maximum atomic E-state index is 13.3. The number of halogens is 1. The zero-order chi connectivity index (χ0) is 19.6. The molecule has 0 saturated carbocycles. The van der Waals surface area contributed by atoms with Gasteiger partial charge < -0.3 is 14.5 Å². The van der Waals surface area contributed by atoms with E-state index >= 15 is 0 Å². The first kappa shape index (κ1) is 19.0. The Balaban J connectivity index is 2.26. The number of fused-ring (bicyclic) bond motifs is 1. The molecule has 0 unspecified atom stereocenters. The SMILES string of the molecule is [CH2]CCc1cc2oc(-c3ccc(F)cc3)c(C(=O)NC)c2cc1OC(C)C. The van der Waals surface area contributed by atoms with Crippen LogP contribution in [0, 0.1) is 12.7 Å². The summed E-state index contributed by atoms with van der Waals surface area (Å²) in [6, 6.07) is 9.64. The second-order valence-corrected chi connectivity index (χ2v) is 6.62. The van der Waals surface area contributed by atoms with Crippen LogP contribution in [0.4, 0.5) is 4.39 Å². The Morgan fingerprint density at radius 2 is 1.96 bits per heavy atom. The number of furan rings is 1. The van der Waals surface area contributed by atoms with E-state index in [-0.39, 0.29) is 17.8 Å². The first-order chi connectivity index (χ1) is 12.9. The van der Waals surface area contributed by atoms with E-state index in [1.165, 1.54) is 12.1 Å². The van der Waals surface area contributed by atoms with Crippen molar-refractivity contribution >= 4 is 16.9 Å². The van der Waals surface area contributed by atoms with Crippen molar-refractivity contribution in [1.29, 1.82) is 0 Å². The molecule has 4 nitrogen and oxygen atoms in total. The summed E-state index contributed by atoms with van der Waals surface area (Å²) in [7, 11) is 1.57. The smallest absolute Gasteiger partial charge is 0.255 e. The number of amides is 1. The van der Waals surface area contributed by atoms with Crippen molar-refractivity contribution in [2.45, 2.75) is 32.8 Å². The van der Waals surface area contributed by atoms with E-state index in [0.29, 0.717) is 34.3 Å². The average Bonchev–Trinajstić information content (AvgIpc) is 3.00. The van der Waals surface area contributed by atoms with Crippen LogP contribution in [0.1, 0.15) is 36.2 Å². The lowest BCUT2D eigenvalue weighted by Crippen LogP contribution is -2.18. The first-order valence-electron chi connectivity index (χ1n) is 8.98. The number of rotatable bonds is 6. The summed E-state index contributed by atoms with van der Waals surface area (Å²) in [4.78, 5) is 12.6. The maximum Gasteiger partial charge on any atom is 0.255 e. The molecule has 0 spiro atoms. The third kappa shape index (κ3) is 3.82. The summed E-state index contributed by atoms with van der Waals surface area (Å²) in [5.74, 6) is 0.513. The predicted molar refractivity (Wildman–Crippen MR) is 104 cm³/mol. The summed E-state index contributed by atoms with van der Waals surface area (Å²) in [5, 5.41) is 3.32. The summed E-state index contributed by atoms with van der Waals surface area (Å²) in [6.07, 6.45) is 1.45. The van der Waals surface area contributed by atoms with Crippen LogP contribution in [0.2, 0.25) is 0 Å². The fourth-order valence-electron chi connectivity index (χ4n) is 3.07. The number of benzene rings is 2. The zero-order valence-corrected chi connectivity index (χ0v) is 15.8.